The number of rotatable bonds is 5. The first-order valence-electron chi connectivity index (χ1n) is 19.6. The maximum Gasteiger partial charge on any atom is 0.0543 e. The van der Waals surface area contributed by atoms with E-state index < -0.39 is 0 Å². The first-order chi connectivity index (χ1) is 27.5. The van der Waals surface area contributed by atoms with Crippen LogP contribution in [0.2, 0.25) is 0 Å². The van der Waals surface area contributed by atoms with Crippen molar-refractivity contribution < 1.29 is 0 Å². The Morgan fingerprint density at radius 3 is 1.82 bits per heavy atom. The molecule has 1 heteroatoms. The molecule has 0 aliphatic heterocycles. The molecule has 0 bridgehead atoms. The van der Waals surface area contributed by atoms with Crippen LogP contribution < -0.4 is 4.90 Å². The maximum atomic E-state index is 2.47. The summed E-state index contributed by atoms with van der Waals surface area (Å²) >= 11 is 0. The second-order valence-electron chi connectivity index (χ2n) is 15.7. The van der Waals surface area contributed by atoms with E-state index >= 15 is 0 Å². The van der Waals surface area contributed by atoms with E-state index in [2.05, 4.69) is 219 Å². The van der Waals surface area contributed by atoms with Gasteiger partial charge in [0.25, 0.3) is 0 Å². The standard InChI is InChI=1S/C55H39N/c1-55(2)50-24-8-7-21-49(50)54-51(55)25-12-26-52(54)56(42-18-9-17-40(35-42)45-22-10-15-36-13-3-5-19-43(36)45)41-31-27-38(28-32-41)46-23-11-16-39-30-33-47-44-20-6-4-14-37(44)29-34-48(47)53(39)46/h3-35H,1-2H3. The van der Waals surface area contributed by atoms with Crippen LogP contribution in [0.4, 0.5) is 17.1 Å². The minimum absolute atomic E-state index is 0.106. The smallest absolute Gasteiger partial charge is 0.0543 e. The lowest BCUT2D eigenvalue weighted by Crippen LogP contribution is -2.16. The second-order valence-corrected chi connectivity index (χ2v) is 15.7. The molecule has 0 heterocycles. The molecule has 1 aliphatic rings. The van der Waals surface area contributed by atoms with Crippen LogP contribution in [0, 0.1) is 0 Å². The van der Waals surface area contributed by atoms with Gasteiger partial charge in [0.2, 0.25) is 0 Å². The third-order valence-corrected chi connectivity index (χ3v) is 12.2. The molecule has 1 nitrogen and oxygen atoms in total. The lowest BCUT2D eigenvalue weighted by molar-refractivity contribution is 0.660. The Hall–Kier alpha value is -6.96. The minimum Gasteiger partial charge on any atom is -0.310 e. The monoisotopic (exact) mass is 713 g/mol. The quantitative estimate of drug-likeness (QED) is 0.161. The Balaban J connectivity index is 1.11. The van der Waals surface area contributed by atoms with Crippen molar-refractivity contribution in [3.05, 3.63) is 211 Å². The predicted octanol–water partition coefficient (Wildman–Crippen LogP) is 15.4. The highest BCUT2D eigenvalue weighted by molar-refractivity contribution is 6.21. The molecule has 0 saturated heterocycles. The van der Waals surface area contributed by atoms with Crippen molar-refractivity contribution >= 4 is 60.2 Å². The normalized spacial score (nSPS) is 13.0. The highest BCUT2D eigenvalue weighted by atomic mass is 15.1. The topological polar surface area (TPSA) is 3.24 Å². The van der Waals surface area contributed by atoms with E-state index in [-0.39, 0.29) is 5.41 Å². The van der Waals surface area contributed by atoms with E-state index in [1.807, 2.05) is 0 Å². The number of hydrogen-bond acceptors (Lipinski definition) is 1. The SMILES string of the molecule is CC1(C)c2ccccc2-c2c(N(c3ccc(-c4cccc5ccc6c7ccccc7ccc6c45)cc3)c3cccc(-c4cccc5ccccc45)c3)cccc21. The summed E-state index contributed by atoms with van der Waals surface area (Å²) in [5.74, 6) is 0. The van der Waals surface area contributed by atoms with E-state index in [1.54, 1.807) is 0 Å². The molecule has 10 aromatic carbocycles. The molecule has 0 saturated carbocycles. The Bertz CT molecular complexity index is 3160. The van der Waals surface area contributed by atoms with Gasteiger partial charge in [-0.25, -0.2) is 0 Å². The van der Waals surface area contributed by atoms with E-state index in [0.717, 1.165) is 11.4 Å². The van der Waals surface area contributed by atoms with Gasteiger partial charge in [-0.15, -0.1) is 0 Å². The van der Waals surface area contributed by atoms with E-state index in [1.165, 1.54) is 93.3 Å². The Morgan fingerprint density at radius 1 is 0.357 bits per heavy atom. The van der Waals surface area contributed by atoms with Crippen LogP contribution in [0.3, 0.4) is 0 Å². The first-order valence-corrected chi connectivity index (χ1v) is 19.6. The summed E-state index contributed by atoms with van der Waals surface area (Å²) in [7, 11) is 0. The number of benzene rings is 10. The molecule has 0 fully saturated rings. The lowest BCUT2D eigenvalue weighted by atomic mass is 9.82. The van der Waals surface area contributed by atoms with Crippen molar-refractivity contribution in [3.8, 4) is 33.4 Å². The summed E-state index contributed by atoms with van der Waals surface area (Å²) in [6.45, 7) is 4.72. The van der Waals surface area contributed by atoms with E-state index in [0.29, 0.717) is 0 Å². The molecular weight excluding hydrogens is 675 g/mol. The molecule has 0 atom stereocenters. The van der Waals surface area contributed by atoms with Crippen molar-refractivity contribution in [1.29, 1.82) is 0 Å². The summed E-state index contributed by atoms with van der Waals surface area (Å²) in [5, 5.41) is 10.2. The van der Waals surface area contributed by atoms with Gasteiger partial charge in [0.15, 0.2) is 0 Å². The number of fused-ring (bicyclic) bond motifs is 9. The minimum atomic E-state index is -0.106. The van der Waals surface area contributed by atoms with Gasteiger partial charge in [-0.2, -0.15) is 0 Å². The summed E-state index contributed by atoms with van der Waals surface area (Å²) in [5.41, 5.74) is 13.6. The largest absolute Gasteiger partial charge is 0.310 e. The zero-order chi connectivity index (χ0) is 37.4. The van der Waals surface area contributed by atoms with Crippen LogP contribution in [0.5, 0.6) is 0 Å². The zero-order valence-electron chi connectivity index (χ0n) is 31.5. The molecule has 11 rings (SSSR count). The van der Waals surface area contributed by atoms with Crippen LogP contribution in [-0.2, 0) is 5.41 Å². The highest BCUT2D eigenvalue weighted by Gasteiger charge is 2.37. The number of anilines is 3. The van der Waals surface area contributed by atoms with Crippen LogP contribution >= 0.6 is 0 Å². The molecule has 56 heavy (non-hydrogen) atoms. The van der Waals surface area contributed by atoms with Crippen molar-refractivity contribution in [3.63, 3.8) is 0 Å². The van der Waals surface area contributed by atoms with E-state index in [4.69, 9.17) is 0 Å². The van der Waals surface area contributed by atoms with Crippen molar-refractivity contribution in [2.24, 2.45) is 0 Å². The van der Waals surface area contributed by atoms with Crippen molar-refractivity contribution in [2.45, 2.75) is 19.3 Å². The van der Waals surface area contributed by atoms with Crippen molar-refractivity contribution in [2.75, 3.05) is 4.90 Å². The fraction of sp³-hybridized carbons (Fsp3) is 0.0545. The second kappa shape index (κ2) is 12.5. The number of hydrogen-bond donors (Lipinski definition) is 0. The summed E-state index contributed by atoms with van der Waals surface area (Å²) < 4.78 is 0. The lowest BCUT2D eigenvalue weighted by Gasteiger charge is -2.29. The molecule has 0 unspecified atom stereocenters. The van der Waals surface area contributed by atoms with Gasteiger partial charge in [0, 0.05) is 22.4 Å². The number of nitrogens with zero attached hydrogens (tertiary/aromatic N) is 1. The molecule has 0 radical (unpaired) electrons. The van der Waals surface area contributed by atoms with Gasteiger partial charge in [-0.3, -0.25) is 0 Å². The molecule has 1 aliphatic carbocycles. The molecule has 0 N–H and O–H groups in total. The van der Waals surface area contributed by atoms with Crippen LogP contribution in [-0.4, -0.2) is 0 Å². The van der Waals surface area contributed by atoms with Crippen LogP contribution in [0.15, 0.2) is 200 Å². The van der Waals surface area contributed by atoms with Gasteiger partial charge in [0.1, 0.15) is 0 Å². The average Bonchev–Trinajstić information content (AvgIpc) is 3.49. The summed E-state index contributed by atoms with van der Waals surface area (Å²) in [4.78, 5) is 2.47. The van der Waals surface area contributed by atoms with Gasteiger partial charge in [-0.05, 0) is 112 Å². The Kier molecular flexibility index (Phi) is 7.28. The van der Waals surface area contributed by atoms with Gasteiger partial charge >= 0.3 is 0 Å². The van der Waals surface area contributed by atoms with Crippen LogP contribution in [0.25, 0.3) is 76.5 Å². The molecule has 0 amide bonds. The molecule has 10 aromatic rings. The average molecular weight is 714 g/mol. The van der Waals surface area contributed by atoms with Gasteiger partial charge in [-0.1, -0.05) is 184 Å². The van der Waals surface area contributed by atoms with Gasteiger partial charge in [0.05, 0.1) is 5.69 Å². The van der Waals surface area contributed by atoms with Crippen molar-refractivity contribution in [1.82, 2.24) is 0 Å². The Morgan fingerprint density at radius 2 is 0.964 bits per heavy atom. The molecule has 0 aromatic heterocycles. The third kappa shape index (κ3) is 4.94. The predicted molar refractivity (Wildman–Crippen MR) is 240 cm³/mol. The zero-order valence-corrected chi connectivity index (χ0v) is 31.5. The highest BCUT2D eigenvalue weighted by Crippen LogP contribution is 2.54. The molecule has 264 valence electrons. The maximum absolute atomic E-state index is 2.47. The fourth-order valence-corrected chi connectivity index (χ4v) is 9.55. The fourth-order valence-electron chi connectivity index (χ4n) is 9.55. The summed E-state index contributed by atoms with van der Waals surface area (Å²) in [6.07, 6.45) is 0. The molecule has 0 spiro atoms. The van der Waals surface area contributed by atoms with Crippen LogP contribution in [0.1, 0.15) is 25.0 Å². The molecular formula is C55H39N. The first kappa shape index (κ1) is 32.5. The van der Waals surface area contributed by atoms with E-state index in [9.17, 15) is 0 Å². The third-order valence-electron chi connectivity index (χ3n) is 12.2. The Labute approximate surface area is 327 Å². The summed E-state index contributed by atoms with van der Waals surface area (Å²) in [6, 6.07) is 74.0. The van der Waals surface area contributed by atoms with Gasteiger partial charge < -0.3 is 4.90 Å².